The van der Waals surface area contributed by atoms with Crippen molar-refractivity contribution >= 4 is 11.6 Å². The van der Waals surface area contributed by atoms with E-state index in [0.717, 1.165) is 0 Å². The minimum atomic E-state index is -0.324. The molecule has 0 spiro atoms. The Labute approximate surface area is 104 Å². The molecule has 3 nitrogen and oxygen atoms in total. The maximum atomic E-state index is 12.9. The number of carbonyl (C=O) groups excluding carboxylic acids is 1. The van der Waals surface area contributed by atoms with Crippen LogP contribution in [0.25, 0.3) is 11.1 Å². The number of rotatable bonds is 2. The third-order valence-corrected chi connectivity index (χ3v) is 2.70. The summed E-state index contributed by atoms with van der Waals surface area (Å²) in [6.45, 7) is 0. The van der Waals surface area contributed by atoms with Gasteiger partial charge in [0.2, 0.25) is 0 Å². The molecular weight excluding hydrogens is 231 g/mol. The van der Waals surface area contributed by atoms with Gasteiger partial charge in [0.05, 0.1) is 0 Å². The summed E-state index contributed by atoms with van der Waals surface area (Å²) in [5.41, 5.74) is 8.21. The Hall–Kier alpha value is -2.36. The van der Waals surface area contributed by atoms with E-state index >= 15 is 0 Å². The van der Waals surface area contributed by atoms with Crippen molar-refractivity contribution in [3.63, 3.8) is 0 Å². The Bertz CT molecular complexity index is 579. The maximum absolute atomic E-state index is 12.9. The lowest BCUT2D eigenvalue weighted by Crippen LogP contribution is -2.19. The van der Waals surface area contributed by atoms with E-state index in [2.05, 4.69) is 5.32 Å². The molecule has 0 radical (unpaired) electrons. The van der Waals surface area contributed by atoms with Gasteiger partial charge in [0.1, 0.15) is 5.82 Å². The highest BCUT2D eigenvalue weighted by atomic mass is 19.1. The lowest BCUT2D eigenvalue weighted by atomic mass is 9.97. The normalized spacial score (nSPS) is 10.1. The van der Waals surface area contributed by atoms with Gasteiger partial charge in [-0.25, -0.2) is 4.39 Å². The van der Waals surface area contributed by atoms with Gasteiger partial charge in [-0.3, -0.25) is 4.79 Å². The Kier molecular flexibility index (Phi) is 3.28. The highest BCUT2D eigenvalue weighted by Gasteiger charge is 2.14. The van der Waals surface area contributed by atoms with Crippen LogP contribution in [0, 0.1) is 5.82 Å². The molecule has 0 aliphatic carbocycles. The van der Waals surface area contributed by atoms with Gasteiger partial charge >= 0.3 is 0 Å². The van der Waals surface area contributed by atoms with Crippen molar-refractivity contribution in [2.24, 2.45) is 0 Å². The molecule has 0 saturated heterocycles. The molecule has 3 N–H and O–H groups in total. The molecule has 1 amide bonds. The molecule has 0 unspecified atom stereocenters. The summed E-state index contributed by atoms with van der Waals surface area (Å²) >= 11 is 0. The van der Waals surface area contributed by atoms with Crippen molar-refractivity contribution in [1.82, 2.24) is 5.32 Å². The van der Waals surface area contributed by atoms with E-state index in [1.165, 1.54) is 12.1 Å². The van der Waals surface area contributed by atoms with Crippen LogP contribution < -0.4 is 11.1 Å². The van der Waals surface area contributed by atoms with Crippen LogP contribution >= 0.6 is 0 Å². The molecule has 0 aliphatic rings. The molecule has 0 saturated carbocycles. The quantitative estimate of drug-likeness (QED) is 0.797. The summed E-state index contributed by atoms with van der Waals surface area (Å²) in [6.07, 6.45) is 0. The summed E-state index contributed by atoms with van der Waals surface area (Å²) in [4.78, 5) is 11.8. The van der Waals surface area contributed by atoms with Gasteiger partial charge in [-0.15, -0.1) is 0 Å². The van der Waals surface area contributed by atoms with Crippen molar-refractivity contribution in [3.05, 3.63) is 53.8 Å². The van der Waals surface area contributed by atoms with Crippen LogP contribution in [-0.2, 0) is 0 Å². The number of hydrogen-bond acceptors (Lipinski definition) is 2. The number of carbonyl (C=O) groups is 1. The van der Waals surface area contributed by atoms with Crippen molar-refractivity contribution < 1.29 is 9.18 Å². The average Bonchev–Trinajstić information content (AvgIpc) is 2.39. The molecule has 0 aliphatic heterocycles. The van der Waals surface area contributed by atoms with Crippen LogP contribution in [0.1, 0.15) is 10.4 Å². The topological polar surface area (TPSA) is 55.1 Å². The van der Waals surface area contributed by atoms with Crippen LogP contribution in [-0.4, -0.2) is 13.0 Å². The van der Waals surface area contributed by atoms with Gasteiger partial charge in [0, 0.05) is 23.9 Å². The van der Waals surface area contributed by atoms with E-state index in [4.69, 9.17) is 5.73 Å². The Morgan fingerprint density at radius 2 is 1.83 bits per heavy atom. The van der Waals surface area contributed by atoms with E-state index in [1.807, 2.05) is 0 Å². The second-order valence-electron chi connectivity index (χ2n) is 3.86. The summed E-state index contributed by atoms with van der Waals surface area (Å²) in [5.74, 6) is -0.545. The van der Waals surface area contributed by atoms with Gasteiger partial charge in [-0.05, 0) is 29.8 Å². The Morgan fingerprint density at radius 1 is 1.17 bits per heavy atom. The van der Waals surface area contributed by atoms with Crippen molar-refractivity contribution in [3.8, 4) is 11.1 Å². The van der Waals surface area contributed by atoms with Gasteiger partial charge in [0.15, 0.2) is 0 Å². The lowest BCUT2D eigenvalue weighted by molar-refractivity contribution is 0.0964. The molecule has 0 atom stereocenters. The molecule has 2 aromatic carbocycles. The zero-order valence-electron chi connectivity index (χ0n) is 9.91. The minimum Gasteiger partial charge on any atom is -0.398 e. The largest absolute Gasteiger partial charge is 0.398 e. The molecule has 0 bridgehead atoms. The number of anilines is 1. The monoisotopic (exact) mass is 244 g/mol. The average molecular weight is 244 g/mol. The zero-order valence-corrected chi connectivity index (χ0v) is 9.91. The first-order valence-corrected chi connectivity index (χ1v) is 5.50. The Morgan fingerprint density at radius 3 is 2.44 bits per heavy atom. The van der Waals surface area contributed by atoms with E-state index in [9.17, 15) is 9.18 Å². The molecule has 4 heteroatoms. The maximum Gasteiger partial charge on any atom is 0.251 e. The molecule has 0 heterocycles. The highest BCUT2D eigenvalue weighted by molar-refractivity contribution is 6.03. The first kappa shape index (κ1) is 12.1. The number of nitrogens with two attached hydrogens (primary N) is 1. The molecule has 0 aromatic heterocycles. The number of nitrogen functional groups attached to an aromatic ring is 1. The van der Waals surface area contributed by atoms with Crippen LogP contribution in [0.3, 0.4) is 0 Å². The summed E-state index contributed by atoms with van der Waals surface area (Å²) in [6, 6.07) is 11.0. The summed E-state index contributed by atoms with van der Waals surface area (Å²) < 4.78 is 12.9. The first-order chi connectivity index (χ1) is 8.63. The van der Waals surface area contributed by atoms with Gasteiger partial charge < -0.3 is 11.1 Å². The zero-order chi connectivity index (χ0) is 13.1. The number of halogens is 1. The molecule has 18 heavy (non-hydrogen) atoms. The Balaban J connectivity index is 2.62. The SMILES string of the molecule is CNC(=O)c1cccc(N)c1-c1ccc(F)cc1. The summed E-state index contributed by atoms with van der Waals surface area (Å²) in [7, 11) is 1.56. The molecule has 2 aromatic rings. The van der Waals surface area contributed by atoms with E-state index < -0.39 is 0 Å². The van der Waals surface area contributed by atoms with Crippen molar-refractivity contribution in [2.45, 2.75) is 0 Å². The van der Waals surface area contributed by atoms with Crippen LogP contribution in [0.4, 0.5) is 10.1 Å². The second kappa shape index (κ2) is 4.87. The number of hydrogen-bond donors (Lipinski definition) is 2. The lowest BCUT2D eigenvalue weighted by Gasteiger charge is -2.11. The number of amides is 1. The van der Waals surface area contributed by atoms with Crippen LogP contribution in [0.5, 0.6) is 0 Å². The molecule has 0 fully saturated rings. The third-order valence-electron chi connectivity index (χ3n) is 2.70. The van der Waals surface area contributed by atoms with Crippen molar-refractivity contribution in [2.75, 3.05) is 12.8 Å². The molecular formula is C14H13FN2O. The van der Waals surface area contributed by atoms with Crippen LogP contribution in [0.2, 0.25) is 0 Å². The first-order valence-electron chi connectivity index (χ1n) is 5.50. The van der Waals surface area contributed by atoms with Crippen LogP contribution in [0.15, 0.2) is 42.5 Å². The fourth-order valence-electron chi connectivity index (χ4n) is 1.83. The number of benzene rings is 2. The standard InChI is InChI=1S/C14H13FN2O/c1-17-14(18)11-3-2-4-12(16)13(11)9-5-7-10(15)8-6-9/h2-8H,16H2,1H3,(H,17,18). The highest BCUT2D eigenvalue weighted by Crippen LogP contribution is 2.29. The number of nitrogens with one attached hydrogen (secondary N) is 1. The fraction of sp³-hybridized carbons (Fsp3) is 0.0714. The minimum absolute atomic E-state index is 0.221. The molecule has 2 rings (SSSR count). The van der Waals surface area contributed by atoms with Gasteiger partial charge in [0.25, 0.3) is 5.91 Å². The predicted octanol–water partition coefficient (Wildman–Crippen LogP) is 2.43. The van der Waals surface area contributed by atoms with E-state index in [-0.39, 0.29) is 11.7 Å². The smallest absolute Gasteiger partial charge is 0.251 e. The third kappa shape index (κ3) is 2.18. The second-order valence-corrected chi connectivity index (χ2v) is 3.86. The fourth-order valence-corrected chi connectivity index (χ4v) is 1.83. The van der Waals surface area contributed by atoms with Gasteiger partial charge in [-0.1, -0.05) is 18.2 Å². The predicted molar refractivity (Wildman–Crippen MR) is 69.6 cm³/mol. The summed E-state index contributed by atoms with van der Waals surface area (Å²) in [5, 5.41) is 2.56. The molecule has 92 valence electrons. The van der Waals surface area contributed by atoms with E-state index in [1.54, 1.807) is 37.4 Å². The van der Waals surface area contributed by atoms with Crippen molar-refractivity contribution in [1.29, 1.82) is 0 Å². The van der Waals surface area contributed by atoms with E-state index in [0.29, 0.717) is 22.4 Å². The van der Waals surface area contributed by atoms with Gasteiger partial charge in [-0.2, -0.15) is 0 Å².